The summed E-state index contributed by atoms with van der Waals surface area (Å²) in [5.74, 6) is -0.173. The van der Waals surface area contributed by atoms with E-state index in [1.807, 2.05) is 0 Å². The van der Waals surface area contributed by atoms with Gasteiger partial charge in [0.15, 0.2) is 0 Å². The lowest BCUT2D eigenvalue weighted by atomic mass is 9.76. The molecule has 0 radical (unpaired) electrons. The minimum atomic E-state index is -5.56. The van der Waals surface area contributed by atoms with Gasteiger partial charge in [0.05, 0.1) is 12.2 Å². The van der Waals surface area contributed by atoms with Crippen molar-refractivity contribution in [2.45, 2.75) is 36.8 Å². The van der Waals surface area contributed by atoms with Crippen molar-refractivity contribution < 1.29 is 30.5 Å². The van der Waals surface area contributed by atoms with E-state index in [1.165, 1.54) is 6.08 Å². The zero-order valence-corrected chi connectivity index (χ0v) is 9.60. The van der Waals surface area contributed by atoms with Crippen LogP contribution in [0.1, 0.15) is 25.7 Å². The van der Waals surface area contributed by atoms with Gasteiger partial charge in [-0.15, -0.1) is 0 Å². The minimum Gasteiger partial charge on any atom is -0.381 e. The fraction of sp³-hybridized carbons (Fsp3) is 0.778. The van der Waals surface area contributed by atoms with Crippen molar-refractivity contribution >= 4 is 10.1 Å². The summed E-state index contributed by atoms with van der Waals surface area (Å²) < 4.78 is 67.4. The highest BCUT2D eigenvalue weighted by Gasteiger charge is 2.50. The Morgan fingerprint density at radius 2 is 2.00 bits per heavy atom. The molecule has 8 heteroatoms. The second kappa shape index (κ2) is 3.88. The van der Waals surface area contributed by atoms with Crippen molar-refractivity contribution in [1.82, 2.24) is 0 Å². The van der Waals surface area contributed by atoms with Crippen LogP contribution in [0.2, 0.25) is 0 Å². The number of hydrogen-bond acceptors (Lipinski definition) is 4. The van der Waals surface area contributed by atoms with Crippen molar-refractivity contribution in [2.75, 3.05) is 6.61 Å². The lowest BCUT2D eigenvalue weighted by Gasteiger charge is -2.43. The molecule has 0 unspecified atom stereocenters. The van der Waals surface area contributed by atoms with Crippen molar-refractivity contribution in [3.05, 3.63) is 11.8 Å². The predicted molar refractivity (Wildman–Crippen MR) is 51.3 cm³/mol. The summed E-state index contributed by atoms with van der Waals surface area (Å²) in [5.41, 5.74) is -5.90. The Balaban J connectivity index is 2.07. The molecule has 98 valence electrons. The van der Waals surface area contributed by atoms with Crippen LogP contribution >= 0.6 is 0 Å². The smallest absolute Gasteiger partial charge is 0.381 e. The van der Waals surface area contributed by atoms with Gasteiger partial charge < -0.3 is 8.92 Å². The minimum absolute atomic E-state index is 0.0856. The topological polar surface area (TPSA) is 52.6 Å². The standard InChI is InChI=1S/C9H11F3O4S/c10-9(11,12)17(13,14)16-7-2-5-15-8(6-7)3-1-4-8/h2H,1,3-6H2. The fourth-order valence-corrected chi connectivity index (χ4v) is 2.40. The van der Waals surface area contributed by atoms with Crippen molar-refractivity contribution in [3.63, 3.8) is 0 Å². The molecule has 0 aromatic heterocycles. The SMILES string of the molecule is O=S(=O)(OC1=CCOC2(CCC2)C1)C(F)(F)F. The second-order valence-corrected chi connectivity index (χ2v) is 5.72. The Kier molecular flexibility index (Phi) is 2.89. The normalized spacial score (nSPS) is 24.1. The van der Waals surface area contributed by atoms with Crippen LogP contribution in [0.25, 0.3) is 0 Å². The maximum Gasteiger partial charge on any atom is 0.534 e. The highest BCUT2D eigenvalue weighted by Crippen LogP contribution is 2.43. The Labute approximate surface area is 96.5 Å². The van der Waals surface area contributed by atoms with E-state index >= 15 is 0 Å². The summed E-state index contributed by atoms with van der Waals surface area (Å²) in [5, 5.41) is 0. The molecule has 0 aromatic rings. The Morgan fingerprint density at radius 1 is 1.35 bits per heavy atom. The average Bonchev–Trinajstić information content (AvgIpc) is 2.13. The third-order valence-corrected chi connectivity index (χ3v) is 3.96. The van der Waals surface area contributed by atoms with Crippen LogP contribution in [0.15, 0.2) is 11.8 Å². The molecule has 2 rings (SSSR count). The van der Waals surface area contributed by atoms with Crippen LogP contribution in [0.5, 0.6) is 0 Å². The zero-order chi connectivity index (χ0) is 12.7. The lowest BCUT2D eigenvalue weighted by Crippen LogP contribution is -2.43. The molecule has 17 heavy (non-hydrogen) atoms. The molecule has 1 saturated carbocycles. The number of halogens is 3. The Bertz CT molecular complexity index is 434. The van der Waals surface area contributed by atoms with E-state index in [9.17, 15) is 21.6 Å². The van der Waals surface area contributed by atoms with Gasteiger partial charge in [0.1, 0.15) is 5.76 Å². The summed E-state index contributed by atoms with van der Waals surface area (Å²) >= 11 is 0. The lowest BCUT2D eigenvalue weighted by molar-refractivity contribution is -0.103. The molecule has 1 aliphatic carbocycles. The van der Waals surface area contributed by atoms with Crippen LogP contribution in [0.4, 0.5) is 13.2 Å². The van der Waals surface area contributed by atoms with Gasteiger partial charge in [-0.05, 0) is 25.3 Å². The maximum atomic E-state index is 12.1. The van der Waals surface area contributed by atoms with Gasteiger partial charge in [0, 0.05) is 6.42 Å². The molecular weight excluding hydrogens is 261 g/mol. The highest BCUT2D eigenvalue weighted by molar-refractivity contribution is 7.87. The van der Waals surface area contributed by atoms with Crippen molar-refractivity contribution in [1.29, 1.82) is 0 Å². The van der Waals surface area contributed by atoms with Gasteiger partial charge >= 0.3 is 15.6 Å². The molecule has 1 spiro atoms. The molecule has 0 amide bonds. The quantitative estimate of drug-likeness (QED) is 0.570. The molecule has 0 atom stereocenters. The maximum absolute atomic E-state index is 12.1. The number of hydrogen-bond donors (Lipinski definition) is 0. The molecule has 0 bridgehead atoms. The molecule has 0 aromatic carbocycles. The largest absolute Gasteiger partial charge is 0.534 e. The molecule has 4 nitrogen and oxygen atoms in total. The zero-order valence-electron chi connectivity index (χ0n) is 8.79. The van der Waals surface area contributed by atoms with E-state index in [-0.39, 0.29) is 18.8 Å². The Morgan fingerprint density at radius 3 is 2.47 bits per heavy atom. The predicted octanol–water partition coefficient (Wildman–Crippen LogP) is 2.08. The van der Waals surface area contributed by atoms with Crippen LogP contribution in [0, 0.1) is 0 Å². The highest BCUT2D eigenvalue weighted by atomic mass is 32.2. The molecule has 0 N–H and O–H groups in total. The van der Waals surface area contributed by atoms with E-state index in [0.29, 0.717) is 0 Å². The molecule has 0 saturated heterocycles. The van der Waals surface area contributed by atoms with Crippen molar-refractivity contribution in [3.8, 4) is 0 Å². The van der Waals surface area contributed by atoms with Gasteiger partial charge in [0.2, 0.25) is 0 Å². The van der Waals surface area contributed by atoms with Crippen LogP contribution in [-0.2, 0) is 19.0 Å². The second-order valence-electron chi connectivity index (χ2n) is 4.18. The van der Waals surface area contributed by atoms with Gasteiger partial charge in [-0.3, -0.25) is 0 Å². The summed E-state index contributed by atoms with van der Waals surface area (Å²) in [6.07, 6.45) is 3.69. The van der Waals surface area contributed by atoms with Gasteiger partial charge in [0.25, 0.3) is 0 Å². The summed E-state index contributed by atoms with van der Waals surface area (Å²) in [6, 6.07) is 0. The summed E-state index contributed by atoms with van der Waals surface area (Å²) in [7, 11) is -5.56. The molecule has 1 fully saturated rings. The average molecular weight is 272 g/mol. The molecule has 1 heterocycles. The first-order valence-electron chi connectivity index (χ1n) is 5.08. The van der Waals surface area contributed by atoms with Crippen LogP contribution in [0.3, 0.4) is 0 Å². The summed E-state index contributed by atoms with van der Waals surface area (Å²) in [4.78, 5) is 0. The molecular formula is C9H11F3O4S. The molecule has 1 aliphatic heterocycles. The van der Waals surface area contributed by atoms with E-state index in [1.54, 1.807) is 0 Å². The summed E-state index contributed by atoms with van der Waals surface area (Å²) in [6.45, 7) is 0.0860. The van der Waals surface area contributed by atoms with Gasteiger partial charge in [-0.25, -0.2) is 0 Å². The first-order valence-corrected chi connectivity index (χ1v) is 6.49. The fourth-order valence-electron chi connectivity index (χ4n) is 1.90. The molecule has 2 aliphatic rings. The van der Waals surface area contributed by atoms with Gasteiger partial charge in [-0.2, -0.15) is 21.6 Å². The monoisotopic (exact) mass is 272 g/mol. The third-order valence-electron chi connectivity index (χ3n) is 2.96. The first-order chi connectivity index (χ1) is 7.74. The van der Waals surface area contributed by atoms with E-state index in [0.717, 1.165) is 19.3 Å². The first kappa shape index (κ1) is 12.7. The number of rotatable bonds is 2. The number of ether oxygens (including phenoxy) is 1. The van der Waals surface area contributed by atoms with Gasteiger partial charge in [-0.1, -0.05) is 0 Å². The van der Waals surface area contributed by atoms with E-state index in [4.69, 9.17) is 4.74 Å². The van der Waals surface area contributed by atoms with Crippen molar-refractivity contribution in [2.24, 2.45) is 0 Å². The van der Waals surface area contributed by atoms with Crippen LogP contribution < -0.4 is 0 Å². The third kappa shape index (κ3) is 2.42. The Hall–Kier alpha value is -0.760. The van der Waals surface area contributed by atoms with E-state index < -0.39 is 21.2 Å². The van der Waals surface area contributed by atoms with Crippen LogP contribution in [-0.4, -0.2) is 26.1 Å². The number of alkyl halides is 3. The van der Waals surface area contributed by atoms with E-state index in [2.05, 4.69) is 4.18 Å².